The molecule has 4 nitrogen and oxygen atoms in total. The molecular formula is C7H9O4PS. The predicted octanol–water partition coefficient (Wildman–Crippen LogP) is 2.23. The Kier molecular flexibility index (Phi) is 3.39. The van der Waals surface area contributed by atoms with Crippen molar-refractivity contribution in [2.45, 2.75) is 4.90 Å². The summed E-state index contributed by atoms with van der Waals surface area (Å²) in [5.74, 6) is 0.0949. The topological polar surface area (TPSA) is 66.8 Å². The zero-order chi connectivity index (χ0) is 9.90. The maximum Gasteiger partial charge on any atom is 0.336 e. The molecule has 72 valence electrons. The van der Waals surface area contributed by atoms with Crippen LogP contribution in [0.4, 0.5) is 0 Å². The molecule has 0 spiro atoms. The van der Waals surface area contributed by atoms with Crippen LogP contribution in [0, 0.1) is 0 Å². The molecule has 0 saturated heterocycles. The van der Waals surface area contributed by atoms with Gasteiger partial charge in [-0.1, -0.05) is 6.07 Å². The van der Waals surface area contributed by atoms with Gasteiger partial charge in [-0.2, -0.15) is 0 Å². The molecule has 13 heavy (non-hydrogen) atoms. The Morgan fingerprint density at radius 1 is 1.54 bits per heavy atom. The van der Waals surface area contributed by atoms with Crippen LogP contribution in [0.1, 0.15) is 0 Å². The van der Waals surface area contributed by atoms with Gasteiger partial charge in [-0.25, -0.2) is 3.97 Å². The average molecular weight is 220 g/mol. The maximum absolute atomic E-state index is 10.7. The summed E-state index contributed by atoms with van der Waals surface area (Å²) in [6.07, 6.45) is 0. The van der Waals surface area contributed by atoms with E-state index >= 15 is 0 Å². The standard InChI is InChI=1S/C7H9O4PS/c1-12(9,10)11-13-7-4-2-3-6(8)5-7/h2-5,8H,1H3,(H,9,10). The summed E-state index contributed by atoms with van der Waals surface area (Å²) in [7, 11) is -3.46. The van der Waals surface area contributed by atoms with E-state index in [1.54, 1.807) is 12.1 Å². The molecule has 6 heteroatoms. The van der Waals surface area contributed by atoms with Gasteiger partial charge < -0.3 is 10.00 Å². The molecule has 0 aliphatic carbocycles. The van der Waals surface area contributed by atoms with E-state index in [1.807, 2.05) is 0 Å². The van der Waals surface area contributed by atoms with E-state index < -0.39 is 7.60 Å². The highest BCUT2D eigenvalue weighted by Crippen LogP contribution is 2.44. The lowest BCUT2D eigenvalue weighted by molar-refractivity contribution is 0.409. The van der Waals surface area contributed by atoms with Gasteiger partial charge in [0.1, 0.15) is 5.75 Å². The zero-order valence-electron chi connectivity index (χ0n) is 6.88. The van der Waals surface area contributed by atoms with Gasteiger partial charge in [-0.3, -0.25) is 4.57 Å². The van der Waals surface area contributed by atoms with Crippen LogP contribution in [0.3, 0.4) is 0 Å². The SMILES string of the molecule is CP(=O)(O)OSc1cccc(O)c1. The van der Waals surface area contributed by atoms with Crippen molar-refractivity contribution >= 4 is 19.6 Å². The van der Waals surface area contributed by atoms with Gasteiger partial charge in [0.2, 0.25) is 0 Å². The molecule has 0 fully saturated rings. The molecule has 0 aromatic heterocycles. The lowest BCUT2D eigenvalue weighted by Gasteiger charge is -2.04. The molecule has 1 atom stereocenters. The van der Waals surface area contributed by atoms with Crippen LogP contribution in [0.2, 0.25) is 0 Å². The number of phenols is 1. The fraction of sp³-hybridized carbons (Fsp3) is 0.143. The van der Waals surface area contributed by atoms with Crippen LogP contribution in [0.5, 0.6) is 5.75 Å². The van der Waals surface area contributed by atoms with Crippen molar-refractivity contribution in [3.8, 4) is 5.75 Å². The van der Waals surface area contributed by atoms with Gasteiger partial charge in [0.05, 0.1) is 0 Å². The Morgan fingerprint density at radius 2 is 2.23 bits per heavy atom. The van der Waals surface area contributed by atoms with Crippen molar-refractivity contribution in [1.82, 2.24) is 0 Å². The summed E-state index contributed by atoms with van der Waals surface area (Å²) in [4.78, 5) is 9.38. The van der Waals surface area contributed by atoms with E-state index in [4.69, 9.17) is 10.00 Å². The lowest BCUT2D eigenvalue weighted by atomic mass is 10.3. The van der Waals surface area contributed by atoms with Gasteiger partial charge >= 0.3 is 7.60 Å². The largest absolute Gasteiger partial charge is 0.508 e. The lowest BCUT2D eigenvalue weighted by Crippen LogP contribution is -1.77. The zero-order valence-corrected chi connectivity index (χ0v) is 8.59. The molecule has 0 amide bonds. The van der Waals surface area contributed by atoms with Crippen LogP contribution in [-0.2, 0) is 8.54 Å². The highest BCUT2D eigenvalue weighted by atomic mass is 32.2. The van der Waals surface area contributed by atoms with E-state index in [0.717, 1.165) is 18.7 Å². The Bertz CT molecular complexity index is 335. The van der Waals surface area contributed by atoms with Crippen LogP contribution in [0.25, 0.3) is 0 Å². The summed E-state index contributed by atoms with van der Waals surface area (Å²) in [6.45, 7) is 1.10. The quantitative estimate of drug-likeness (QED) is 0.604. The third-order valence-corrected chi connectivity index (χ3v) is 2.94. The molecule has 0 aliphatic heterocycles. The fourth-order valence-electron chi connectivity index (χ4n) is 0.648. The van der Waals surface area contributed by atoms with Crippen LogP contribution < -0.4 is 0 Å². The average Bonchev–Trinajstić information content (AvgIpc) is 2.00. The molecule has 2 N–H and O–H groups in total. The second-order valence-corrected chi connectivity index (χ2v) is 5.30. The molecule has 0 bridgehead atoms. The Morgan fingerprint density at radius 3 is 2.77 bits per heavy atom. The third-order valence-electron chi connectivity index (χ3n) is 1.09. The van der Waals surface area contributed by atoms with Gasteiger partial charge in [-0.15, -0.1) is 0 Å². The summed E-state index contributed by atoms with van der Waals surface area (Å²) < 4.78 is 15.3. The minimum atomic E-state index is -3.46. The van der Waals surface area contributed by atoms with E-state index in [1.165, 1.54) is 12.1 Å². The van der Waals surface area contributed by atoms with E-state index in [2.05, 4.69) is 3.97 Å². The Balaban J connectivity index is 2.60. The third kappa shape index (κ3) is 4.33. The molecule has 0 radical (unpaired) electrons. The van der Waals surface area contributed by atoms with Gasteiger partial charge in [0.25, 0.3) is 0 Å². The molecule has 1 aromatic carbocycles. The van der Waals surface area contributed by atoms with E-state index in [-0.39, 0.29) is 5.75 Å². The maximum atomic E-state index is 10.7. The van der Waals surface area contributed by atoms with Gasteiger partial charge in [-0.05, 0) is 18.2 Å². The molecule has 0 heterocycles. The van der Waals surface area contributed by atoms with Crippen LogP contribution in [-0.4, -0.2) is 16.7 Å². The molecule has 1 rings (SSSR count). The normalized spacial score (nSPS) is 15.2. The monoisotopic (exact) mass is 220 g/mol. The molecule has 0 aliphatic rings. The number of hydrogen-bond donors (Lipinski definition) is 2. The van der Waals surface area contributed by atoms with Crippen molar-refractivity contribution < 1.29 is 18.5 Å². The highest BCUT2D eigenvalue weighted by Gasteiger charge is 2.11. The van der Waals surface area contributed by atoms with Crippen molar-refractivity contribution in [3.05, 3.63) is 24.3 Å². The first kappa shape index (κ1) is 10.6. The second kappa shape index (κ2) is 4.15. The van der Waals surface area contributed by atoms with Crippen molar-refractivity contribution in [3.63, 3.8) is 0 Å². The summed E-state index contributed by atoms with van der Waals surface area (Å²) in [5, 5.41) is 9.04. The van der Waals surface area contributed by atoms with Gasteiger partial charge in [0, 0.05) is 23.6 Å². The molecule has 1 unspecified atom stereocenters. The summed E-state index contributed by atoms with van der Waals surface area (Å²) >= 11 is 0.768. The van der Waals surface area contributed by atoms with Crippen molar-refractivity contribution in [1.29, 1.82) is 0 Å². The molecule has 1 aromatic rings. The molecule has 0 saturated carbocycles. The van der Waals surface area contributed by atoms with E-state index in [9.17, 15) is 4.57 Å². The number of benzene rings is 1. The molecular weight excluding hydrogens is 211 g/mol. The fourth-order valence-corrected chi connectivity index (χ4v) is 1.85. The van der Waals surface area contributed by atoms with Crippen molar-refractivity contribution in [2.75, 3.05) is 6.66 Å². The predicted molar refractivity (Wildman–Crippen MR) is 50.8 cm³/mol. The van der Waals surface area contributed by atoms with Crippen LogP contribution >= 0.6 is 19.6 Å². The Labute approximate surface area is 80.3 Å². The second-order valence-electron chi connectivity index (χ2n) is 2.46. The summed E-state index contributed by atoms with van der Waals surface area (Å²) in [5.41, 5.74) is 0. The minimum Gasteiger partial charge on any atom is -0.508 e. The minimum absolute atomic E-state index is 0.0949. The number of hydrogen-bond acceptors (Lipinski definition) is 4. The number of rotatable bonds is 3. The first-order valence-electron chi connectivity index (χ1n) is 3.43. The summed E-state index contributed by atoms with van der Waals surface area (Å²) in [6, 6.07) is 6.24. The highest BCUT2D eigenvalue weighted by molar-refractivity contribution is 7.98. The first-order chi connectivity index (χ1) is 5.97. The number of aromatic hydroxyl groups is 1. The number of phenolic OH excluding ortho intramolecular Hbond substituents is 1. The van der Waals surface area contributed by atoms with E-state index in [0.29, 0.717) is 4.90 Å². The van der Waals surface area contributed by atoms with Gasteiger partial charge in [0.15, 0.2) is 0 Å². The Hall–Kier alpha value is -0.480. The van der Waals surface area contributed by atoms with Crippen molar-refractivity contribution in [2.24, 2.45) is 0 Å². The first-order valence-corrected chi connectivity index (χ1v) is 6.19. The van der Waals surface area contributed by atoms with Crippen LogP contribution in [0.15, 0.2) is 29.2 Å². The smallest absolute Gasteiger partial charge is 0.336 e.